The van der Waals surface area contributed by atoms with Crippen molar-refractivity contribution >= 4 is 16.9 Å². The third kappa shape index (κ3) is 3.67. The molecule has 0 saturated heterocycles. The summed E-state index contributed by atoms with van der Waals surface area (Å²) < 4.78 is 13.2. The zero-order chi connectivity index (χ0) is 17.0. The maximum absolute atomic E-state index is 12.3. The molecule has 126 valence electrons. The number of carbonyl (C=O) groups is 1. The smallest absolute Gasteiger partial charge is 0.340 e. The van der Waals surface area contributed by atoms with Crippen molar-refractivity contribution in [2.75, 3.05) is 33.9 Å². The van der Waals surface area contributed by atoms with E-state index in [1.165, 1.54) is 0 Å². The molecule has 0 saturated carbocycles. The molecule has 0 atom stereocenters. The SMILES string of the molecule is CCOC(=O)c1c(C)n(CC)c2ccc(OCCN(C)C)cc12. The molecule has 0 aliphatic carbocycles. The molecule has 0 aliphatic rings. The van der Waals surface area contributed by atoms with Crippen LogP contribution in [-0.4, -0.2) is 49.3 Å². The second-order valence-corrected chi connectivity index (χ2v) is 5.76. The van der Waals surface area contributed by atoms with Crippen LogP contribution >= 0.6 is 0 Å². The Bertz CT molecular complexity index is 689. The first-order chi connectivity index (χ1) is 11.0. The molecule has 1 aromatic heterocycles. The first-order valence-electron chi connectivity index (χ1n) is 8.07. The molecule has 5 nitrogen and oxygen atoms in total. The average Bonchev–Trinajstić information content (AvgIpc) is 2.77. The number of fused-ring (bicyclic) bond motifs is 1. The van der Waals surface area contributed by atoms with Gasteiger partial charge in [-0.05, 0) is 53.1 Å². The van der Waals surface area contributed by atoms with Crippen LogP contribution in [0.5, 0.6) is 5.75 Å². The lowest BCUT2D eigenvalue weighted by molar-refractivity contribution is 0.0527. The molecule has 1 aromatic carbocycles. The number of aryl methyl sites for hydroxylation is 1. The lowest BCUT2D eigenvalue weighted by Gasteiger charge is -2.11. The first kappa shape index (κ1) is 17.3. The fraction of sp³-hybridized carbons (Fsp3) is 0.500. The van der Waals surface area contributed by atoms with Gasteiger partial charge < -0.3 is 18.9 Å². The summed E-state index contributed by atoms with van der Waals surface area (Å²) in [6, 6.07) is 5.91. The minimum absolute atomic E-state index is 0.271. The molecule has 2 rings (SSSR count). The van der Waals surface area contributed by atoms with E-state index in [4.69, 9.17) is 9.47 Å². The highest BCUT2D eigenvalue weighted by atomic mass is 16.5. The highest BCUT2D eigenvalue weighted by Gasteiger charge is 2.20. The molecule has 0 radical (unpaired) electrons. The molecular weight excluding hydrogens is 292 g/mol. The normalized spacial score (nSPS) is 11.2. The summed E-state index contributed by atoms with van der Waals surface area (Å²) in [4.78, 5) is 14.4. The van der Waals surface area contributed by atoms with E-state index in [9.17, 15) is 4.79 Å². The van der Waals surface area contributed by atoms with Crippen molar-refractivity contribution in [1.29, 1.82) is 0 Å². The number of ether oxygens (including phenoxy) is 2. The van der Waals surface area contributed by atoms with Crippen molar-refractivity contribution in [2.45, 2.75) is 27.3 Å². The van der Waals surface area contributed by atoms with Crippen molar-refractivity contribution < 1.29 is 14.3 Å². The summed E-state index contributed by atoms with van der Waals surface area (Å²) >= 11 is 0. The third-order valence-corrected chi connectivity index (χ3v) is 3.90. The van der Waals surface area contributed by atoms with Crippen LogP contribution in [0.25, 0.3) is 10.9 Å². The molecule has 0 amide bonds. The van der Waals surface area contributed by atoms with Crippen LogP contribution in [0.4, 0.5) is 0 Å². The van der Waals surface area contributed by atoms with Crippen LogP contribution < -0.4 is 4.74 Å². The van der Waals surface area contributed by atoms with E-state index in [1.54, 1.807) is 0 Å². The number of likely N-dealkylation sites (N-methyl/N-ethyl adjacent to an activating group) is 1. The van der Waals surface area contributed by atoms with Gasteiger partial charge in [0.05, 0.1) is 12.2 Å². The van der Waals surface area contributed by atoms with Crippen molar-refractivity contribution in [3.8, 4) is 5.75 Å². The number of aromatic nitrogens is 1. The van der Waals surface area contributed by atoms with E-state index in [-0.39, 0.29) is 5.97 Å². The molecule has 5 heteroatoms. The van der Waals surface area contributed by atoms with Gasteiger partial charge in [-0.3, -0.25) is 0 Å². The van der Waals surface area contributed by atoms with Gasteiger partial charge >= 0.3 is 5.97 Å². The van der Waals surface area contributed by atoms with Crippen LogP contribution in [0.1, 0.15) is 29.9 Å². The molecule has 0 bridgehead atoms. The molecule has 23 heavy (non-hydrogen) atoms. The minimum atomic E-state index is -0.271. The van der Waals surface area contributed by atoms with E-state index < -0.39 is 0 Å². The fourth-order valence-corrected chi connectivity index (χ4v) is 2.77. The third-order valence-electron chi connectivity index (χ3n) is 3.90. The maximum atomic E-state index is 12.3. The quantitative estimate of drug-likeness (QED) is 0.736. The van der Waals surface area contributed by atoms with E-state index in [2.05, 4.69) is 16.4 Å². The lowest BCUT2D eigenvalue weighted by Crippen LogP contribution is -2.19. The minimum Gasteiger partial charge on any atom is -0.492 e. The number of hydrogen-bond donors (Lipinski definition) is 0. The summed E-state index contributed by atoms with van der Waals surface area (Å²) in [6.45, 7) is 8.49. The Morgan fingerprint density at radius 3 is 2.61 bits per heavy atom. The van der Waals surface area contributed by atoms with Gasteiger partial charge in [0.2, 0.25) is 0 Å². The van der Waals surface area contributed by atoms with Gasteiger partial charge in [-0.1, -0.05) is 0 Å². The summed E-state index contributed by atoms with van der Waals surface area (Å²) in [5.41, 5.74) is 2.61. The van der Waals surface area contributed by atoms with Crippen LogP contribution in [0.3, 0.4) is 0 Å². The molecule has 0 spiro atoms. The Morgan fingerprint density at radius 2 is 2.00 bits per heavy atom. The van der Waals surface area contributed by atoms with Gasteiger partial charge in [0.1, 0.15) is 12.4 Å². The zero-order valence-electron chi connectivity index (χ0n) is 14.7. The van der Waals surface area contributed by atoms with E-state index in [0.29, 0.717) is 18.8 Å². The summed E-state index contributed by atoms with van der Waals surface area (Å²) in [7, 11) is 4.02. The highest BCUT2D eigenvalue weighted by molar-refractivity contribution is 6.06. The van der Waals surface area contributed by atoms with Gasteiger partial charge in [-0.2, -0.15) is 0 Å². The predicted molar refractivity (Wildman–Crippen MR) is 92.4 cm³/mol. The molecule has 1 heterocycles. The Labute approximate surface area is 137 Å². The molecule has 0 N–H and O–H groups in total. The fourth-order valence-electron chi connectivity index (χ4n) is 2.77. The number of hydrogen-bond acceptors (Lipinski definition) is 4. The summed E-state index contributed by atoms with van der Waals surface area (Å²) in [6.07, 6.45) is 0. The predicted octanol–water partition coefficient (Wildman–Crippen LogP) is 3.09. The number of esters is 1. The second-order valence-electron chi connectivity index (χ2n) is 5.76. The topological polar surface area (TPSA) is 43.7 Å². The maximum Gasteiger partial charge on any atom is 0.340 e. The zero-order valence-corrected chi connectivity index (χ0v) is 14.7. The van der Waals surface area contributed by atoms with Gasteiger partial charge in [-0.15, -0.1) is 0 Å². The van der Waals surface area contributed by atoms with Gasteiger partial charge in [-0.25, -0.2) is 4.79 Å². The molecule has 0 unspecified atom stereocenters. The van der Waals surface area contributed by atoms with Gasteiger partial charge in [0.25, 0.3) is 0 Å². The first-order valence-corrected chi connectivity index (χ1v) is 8.07. The number of carbonyl (C=O) groups excluding carboxylic acids is 1. The second kappa shape index (κ2) is 7.51. The number of rotatable bonds is 7. The van der Waals surface area contributed by atoms with Crippen molar-refractivity contribution in [3.63, 3.8) is 0 Å². The largest absolute Gasteiger partial charge is 0.492 e. The van der Waals surface area contributed by atoms with Gasteiger partial charge in [0.15, 0.2) is 0 Å². The molecular formula is C18H26N2O3. The Morgan fingerprint density at radius 1 is 1.26 bits per heavy atom. The standard InChI is InChI=1S/C18H26N2O3/c1-6-20-13(3)17(18(21)22-7-2)15-12-14(8-9-16(15)20)23-11-10-19(4)5/h8-9,12H,6-7,10-11H2,1-5H3. The van der Waals surface area contributed by atoms with E-state index in [1.807, 2.05) is 46.1 Å². The molecule has 0 fully saturated rings. The number of benzene rings is 1. The van der Waals surface area contributed by atoms with Crippen LogP contribution in [0.2, 0.25) is 0 Å². The summed E-state index contributed by atoms with van der Waals surface area (Å²) in [5.74, 6) is 0.505. The van der Waals surface area contributed by atoms with Crippen molar-refractivity contribution in [2.24, 2.45) is 0 Å². The van der Waals surface area contributed by atoms with Crippen LogP contribution in [-0.2, 0) is 11.3 Å². The van der Waals surface area contributed by atoms with Crippen molar-refractivity contribution in [3.05, 3.63) is 29.5 Å². The van der Waals surface area contributed by atoms with Gasteiger partial charge in [0, 0.05) is 29.7 Å². The monoisotopic (exact) mass is 318 g/mol. The Balaban J connectivity index is 2.42. The molecule has 2 aromatic rings. The Kier molecular flexibility index (Phi) is 5.66. The summed E-state index contributed by atoms with van der Waals surface area (Å²) in [5, 5.41) is 0.894. The number of nitrogens with zero attached hydrogens (tertiary/aromatic N) is 2. The van der Waals surface area contributed by atoms with Crippen LogP contribution in [0, 0.1) is 6.92 Å². The average molecular weight is 318 g/mol. The Hall–Kier alpha value is -2.01. The van der Waals surface area contributed by atoms with E-state index >= 15 is 0 Å². The van der Waals surface area contributed by atoms with Crippen molar-refractivity contribution in [1.82, 2.24) is 9.47 Å². The molecule has 0 aliphatic heterocycles. The highest BCUT2D eigenvalue weighted by Crippen LogP contribution is 2.30. The lowest BCUT2D eigenvalue weighted by atomic mass is 10.1. The van der Waals surface area contributed by atoms with E-state index in [0.717, 1.165) is 35.4 Å². The van der Waals surface area contributed by atoms with Crippen LogP contribution in [0.15, 0.2) is 18.2 Å².